The van der Waals surface area contributed by atoms with E-state index in [1.54, 1.807) is 16.8 Å². The summed E-state index contributed by atoms with van der Waals surface area (Å²) in [6.45, 7) is 2.78. The van der Waals surface area contributed by atoms with Crippen LogP contribution in [0.5, 0.6) is 5.75 Å². The number of carbonyl (C=O) groups excluding carboxylic acids is 1. The highest BCUT2D eigenvalue weighted by molar-refractivity contribution is 5.94. The third kappa shape index (κ3) is 4.91. The second kappa shape index (κ2) is 9.62. The maximum atomic E-state index is 12.6. The first-order valence-electron chi connectivity index (χ1n) is 10.9. The minimum atomic E-state index is -0.107. The van der Waals surface area contributed by atoms with E-state index in [0.29, 0.717) is 12.1 Å². The number of tetrazole rings is 1. The number of ether oxygens (including phenoxy) is 1. The first-order valence-corrected chi connectivity index (χ1v) is 10.9. The number of carbonyl (C=O) groups is 1. The first-order chi connectivity index (χ1) is 16.3. The molecule has 1 N–H and O–H groups in total. The minimum Gasteiger partial charge on any atom is -0.484 e. The van der Waals surface area contributed by atoms with E-state index < -0.39 is 0 Å². The Bertz CT molecular complexity index is 1200. The molecule has 0 aliphatic carbocycles. The zero-order chi connectivity index (χ0) is 22.5. The van der Waals surface area contributed by atoms with Gasteiger partial charge in [0.15, 0.2) is 0 Å². The van der Waals surface area contributed by atoms with Crippen LogP contribution in [0.15, 0.2) is 85.2 Å². The topological polar surface area (TPSA) is 85.2 Å². The molecule has 8 heteroatoms. The molecule has 0 spiro atoms. The van der Waals surface area contributed by atoms with Crippen molar-refractivity contribution in [2.75, 3.05) is 19.6 Å². The van der Waals surface area contributed by atoms with Crippen LogP contribution < -0.4 is 10.1 Å². The SMILES string of the molecule is O=C(NCCN1Cc2ccccc2OC(c2ccccc2)C1)c1ccc(-n2cnnn2)cc1. The van der Waals surface area contributed by atoms with Crippen molar-refractivity contribution < 1.29 is 9.53 Å². The summed E-state index contributed by atoms with van der Waals surface area (Å²) in [5.74, 6) is 0.810. The Kier molecular flexibility index (Phi) is 6.08. The van der Waals surface area contributed by atoms with Gasteiger partial charge in [-0.2, -0.15) is 0 Å². The normalized spacial score (nSPS) is 15.8. The van der Waals surface area contributed by atoms with E-state index in [9.17, 15) is 4.79 Å². The molecule has 1 aliphatic heterocycles. The number of hydrogen-bond donors (Lipinski definition) is 1. The molecule has 1 aromatic heterocycles. The fourth-order valence-electron chi connectivity index (χ4n) is 3.97. The Hall–Kier alpha value is -4.04. The van der Waals surface area contributed by atoms with Crippen molar-refractivity contribution in [1.29, 1.82) is 0 Å². The predicted molar refractivity (Wildman–Crippen MR) is 123 cm³/mol. The van der Waals surface area contributed by atoms with Crippen LogP contribution in [-0.4, -0.2) is 50.6 Å². The molecular weight excluding hydrogens is 416 g/mol. The van der Waals surface area contributed by atoms with Gasteiger partial charge < -0.3 is 10.1 Å². The van der Waals surface area contributed by atoms with Crippen molar-refractivity contribution in [3.8, 4) is 11.4 Å². The largest absolute Gasteiger partial charge is 0.484 e. The maximum absolute atomic E-state index is 12.6. The highest BCUT2D eigenvalue weighted by atomic mass is 16.5. The number of hydrogen-bond acceptors (Lipinski definition) is 6. The number of nitrogens with one attached hydrogen (secondary N) is 1. The van der Waals surface area contributed by atoms with Gasteiger partial charge in [0.25, 0.3) is 5.91 Å². The summed E-state index contributed by atoms with van der Waals surface area (Å²) in [7, 11) is 0. The van der Waals surface area contributed by atoms with Gasteiger partial charge in [0.1, 0.15) is 18.2 Å². The monoisotopic (exact) mass is 440 g/mol. The Morgan fingerprint density at radius 3 is 2.58 bits per heavy atom. The number of para-hydroxylation sites is 1. The zero-order valence-electron chi connectivity index (χ0n) is 18.0. The average Bonchev–Trinajstić information content (AvgIpc) is 3.33. The number of nitrogens with zero attached hydrogens (tertiary/aromatic N) is 5. The molecule has 4 aromatic rings. The lowest BCUT2D eigenvalue weighted by molar-refractivity contribution is 0.0943. The van der Waals surface area contributed by atoms with Crippen LogP contribution in [0, 0.1) is 0 Å². The van der Waals surface area contributed by atoms with Crippen LogP contribution in [0.1, 0.15) is 27.6 Å². The van der Waals surface area contributed by atoms with Gasteiger partial charge in [0.2, 0.25) is 0 Å². The van der Waals surface area contributed by atoms with E-state index in [0.717, 1.165) is 42.2 Å². The lowest BCUT2D eigenvalue weighted by Crippen LogP contribution is -2.36. The molecule has 0 radical (unpaired) electrons. The summed E-state index contributed by atoms with van der Waals surface area (Å²) < 4.78 is 7.91. The summed E-state index contributed by atoms with van der Waals surface area (Å²) in [4.78, 5) is 15.0. The third-order valence-corrected chi connectivity index (χ3v) is 5.69. The van der Waals surface area contributed by atoms with E-state index in [-0.39, 0.29) is 12.0 Å². The van der Waals surface area contributed by atoms with Gasteiger partial charge in [-0.3, -0.25) is 9.69 Å². The quantitative estimate of drug-likeness (QED) is 0.496. The summed E-state index contributed by atoms with van der Waals surface area (Å²) in [6.07, 6.45) is 1.45. The first kappa shape index (κ1) is 20.8. The number of amides is 1. The van der Waals surface area contributed by atoms with Crippen molar-refractivity contribution >= 4 is 5.91 Å². The third-order valence-electron chi connectivity index (χ3n) is 5.69. The fourth-order valence-corrected chi connectivity index (χ4v) is 3.97. The molecule has 0 bridgehead atoms. The molecule has 5 rings (SSSR count). The Morgan fingerprint density at radius 1 is 1.00 bits per heavy atom. The van der Waals surface area contributed by atoms with Crippen LogP contribution in [0.3, 0.4) is 0 Å². The summed E-state index contributed by atoms with van der Waals surface area (Å²) in [6, 6.07) is 25.6. The van der Waals surface area contributed by atoms with Gasteiger partial charge in [0, 0.05) is 37.3 Å². The van der Waals surface area contributed by atoms with Gasteiger partial charge in [-0.25, -0.2) is 4.68 Å². The highest BCUT2D eigenvalue weighted by Gasteiger charge is 2.24. The molecule has 0 fully saturated rings. The van der Waals surface area contributed by atoms with E-state index in [1.807, 2.05) is 48.5 Å². The molecule has 1 amide bonds. The molecule has 8 nitrogen and oxygen atoms in total. The van der Waals surface area contributed by atoms with E-state index >= 15 is 0 Å². The number of rotatable bonds is 6. The van der Waals surface area contributed by atoms with Crippen LogP contribution in [0.25, 0.3) is 5.69 Å². The van der Waals surface area contributed by atoms with Crippen molar-refractivity contribution in [3.05, 3.63) is 102 Å². The van der Waals surface area contributed by atoms with Crippen molar-refractivity contribution in [1.82, 2.24) is 30.4 Å². The minimum absolute atomic E-state index is 0.0654. The molecular formula is C25H24N6O2. The second-order valence-corrected chi connectivity index (χ2v) is 7.92. The summed E-state index contributed by atoms with van der Waals surface area (Å²) >= 11 is 0. The average molecular weight is 441 g/mol. The maximum Gasteiger partial charge on any atom is 0.251 e. The Labute approximate surface area is 191 Å². The van der Waals surface area contributed by atoms with Gasteiger partial charge in [-0.05, 0) is 46.3 Å². The second-order valence-electron chi connectivity index (χ2n) is 7.92. The molecule has 1 atom stereocenters. The van der Waals surface area contributed by atoms with Crippen LogP contribution >= 0.6 is 0 Å². The number of aromatic nitrogens is 4. The van der Waals surface area contributed by atoms with Gasteiger partial charge >= 0.3 is 0 Å². The number of fused-ring (bicyclic) bond motifs is 1. The zero-order valence-corrected chi connectivity index (χ0v) is 18.0. The van der Waals surface area contributed by atoms with E-state index in [1.165, 1.54) is 6.33 Å². The lowest BCUT2D eigenvalue weighted by atomic mass is 10.1. The lowest BCUT2D eigenvalue weighted by Gasteiger charge is -2.24. The van der Waals surface area contributed by atoms with Crippen LogP contribution in [-0.2, 0) is 6.54 Å². The van der Waals surface area contributed by atoms with E-state index in [4.69, 9.17) is 4.74 Å². The van der Waals surface area contributed by atoms with Crippen molar-refractivity contribution in [3.63, 3.8) is 0 Å². The van der Waals surface area contributed by atoms with Crippen molar-refractivity contribution in [2.45, 2.75) is 12.6 Å². The number of benzene rings is 3. The van der Waals surface area contributed by atoms with Gasteiger partial charge in [-0.15, -0.1) is 5.10 Å². The molecule has 2 heterocycles. The van der Waals surface area contributed by atoms with Gasteiger partial charge in [-0.1, -0.05) is 48.5 Å². The predicted octanol–water partition coefficient (Wildman–Crippen LogP) is 3.03. The standard InChI is InChI=1S/C25H24N6O2/c32-25(20-10-12-22(13-11-20)31-18-27-28-29-31)26-14-15-30-16-21-8-4-5-9-23(21)33-24(17-30)19-6-2-1-3-7-19/h1-13,18,24H,14-17H2,(H,26,32). The van der Waals surface area contributed by atoms with E-state index in [2.05, 4.69) is 43.9 Å². The molecule has 33 heavy (non-hydrogen) atoms. The summed E-state index contributed by atoms with van der Waals surface area (Å²) in [5, 5.41) is 14.1. The Balaban J connectivity index is 1.22. The molecule has 3 aromatic carbocycles. The smallest absolute Gasteiger partial charge is 0.251 e. The molecule has 1 unspecified atom stereocenters. The van der Waals surface area contributed by atoms with Gasteiger partial charge in [0.05, 0.1) is 5.69 Å². The van der Waals surface area contributed by atoms with Crippen LogP contribution in [0.4, 0.5) is 0 Å². The Morgan fingerprint density at radius 2 is 1.79 bits per heavy atom. The van der Waals surface area contributed by atoms with Crippen LogP contribution in [0.2, 0.25) is 0 Å². The molecule has 1 aliphatic rings. The van der Waals surface area contributed by atoms with Crippen molar-refractivity contribution in [2.24, 2.45) is 0 Å². The highest BCUT2D eigenvalue weighted by Crippen LogP contribution is 2.30. The fraction of sp³-hybridized carbons (Fsp3) is 0.200. The molecule has 166 valence electrons. The molecule has 0 saturated carbocycles. The molecule has 0 saturated heterocycles. The summed E-state index contributed by atoms with van der Waals surface area (Å²) in [5.41, 5.74) is 3.69.